The Hall–Kier alpha value is -0.660. The molecule has 0 spiro atoms. The van der Waals surface area contributed by atoms with E-state index in [0.717, 1.165) is 0 Å². The van der Waals surface area contributed by atoms with Crippen molar-refractivity contribution in [3.05, 3.63) is 0 Å². The molecule has 1 fully saturated rings. The van der Waals surface area contributed by atoms with Crippen molar-refractivity contribution in [1.29, 1.82) is 0 Å². The average Bonchev–Trinajstić information content (AvgIpc) is 2.37. The fraction of sp³-hybridized carbons (Fsp3) is 0.909. The molecule has 1 rings (SSSR count). The number of carbonyl (C=O) groups excluding carboxylic acids is 1. The van der Waals surface area contributed by atoms with E-state index in [2.05, 4.69) is 5.32 Å². The largest absolute Gasteiger partial charge is 0.353 e. The van der Waals surface area contributed by atoms with Gasteiger partial charge in [-0.1, -0.05) is 0 Å². The molecule has 0 radical (unpaired) electrons. The normalized spacial score (nSPS) is 18.8. The molecule has 106 valence electrons. The minimum Gasteiger partial charge on any atom is -0.353 e. The highest BCUT2D eigenvalue weighted by Crippen LogP contribution is 2.14. The summed E-state index contributed by atoms with van der Waals surface area (Å²) in [6, 6.07) is 0.0959. The number of hydrogen-bond donors (Lipinski definition) is 2. The number of amides is 1. The van der Waals surface area contributed by atoms with Crippen molar-refractivity contribution in [1.82, 2.24) is 9.62 Å². The van der Waals surface area contributed by atoms with E-state index in [4.69, 9.17) is 5.73 Å². The molecule has 1 heterocycles. The van der Waals surface area contributed by atoms with Crippen LogP contribution in [-0.4, -0.2) is 50.1 Å². The van der Waals surface area contributed by atoms with Gasteiger partial charge in [0.1, 0.15) is 0 Å². The van der Waals surface area contributed by atoms with Crippen molar-refractivity contribution in [3.63, 3.8) is 0 Å². The van der Waals surface area contributed by atoms with E-state index in [1.165, 1.54) is 4.31 Å². The fourth-order valence-corrected chi connectivity index (χ4v) is 3.16. The topological polar surface area (TPSA) is 92.5 Å². The van der Waals surface area contributed by atoms with E-state index < -0.39 is 10.0 Å². The van der Waals surface area contributed by atoms with Crippen molar-refractivity contribution < 1.29 is 13.2 Å². The Labute approximate surface area is 109 Å². The van der Waals surface area contributed by atoms with E-state index in [1.807, 2.05) is 0 Å². The van der Waals surface area contributed by atoms with Gasteiger partial charge in [-0.3, -0.25) is 4.79 Å². The van der Waals surface area contributed by atoms with Crippen LogP contribution in [0.3, 0.4) is 0 Å². The molecule has 0 aliphatic carbocycles. The Morgan fingerprint density at radius 2 is 2.00 bits per heavy atom. The second kappa shape index (κ2) is 7.06. The molecule has 0 atom stereocenters. The van der Waals surface area contributed by atoms with Gasteiger partial charge in [0.15, 0.2) is 0 Å². The maximum Gasteiger partial charge on any atom is 0.220 e. The van der Waals surface area contributed by atoms with Gasteiger partial charge in [0.05, 0.1) is 5.75 Å². The van der Waals surface area contributed by atoms with Crippen LogP contribution in [-0.2, 0) is 14.8 Å². The third-order valence-corrected chi connectivity index (χ3v) is 5.07. The summed E-state index contributed by atoms with van der Waals surface area (Å²) in [6.45, 7) is 3.16. The molecule has 0 bridgehead atoms. The predicted molar refractivity (Wildman–Crippen MR) is 70.5 cm³/mol. The highest BCUT2D eigenvalue weighted by atomic mass is 32.2. The number of hydrogen-bond acceptors (Lipinski definition) is 4. The molecule has 0 saturated carbocycles. The first-order valence-electron chi connectivity index (χ1n) is 6.47. The van der Waals surface area contributed by atoms with Crippen LogP contribution >= 0.6 is 0 Å². The fourth-order valence-electron chi connectivity index (χ4n) is 2.02. The van der Waals surface area contributed by atoms with Gasteiger partial charge in [0.2, 0.25) is 15.9 Å². The molecule has 1 saturated heterocycles. The molecular weight excluding hydrogens is 254 g/mol. The van der Waals surface area contributed by atoms with E-state index in [-0.39, 0.29) is 17.7 Å². The maximum absolute atomic E-state index is 11.6. The zero-order valence-corrected chi connectivity index (χ0v) is 11.7. The third kappa shape index (κ3) is 4.55. The Morgan fingerprint density at radius 1 is 1.39 bits per heavy atom. The van der Waals surface area contributed by atoms with E-state index in [9.17, 15) is 13.2 Å². The molecular formula is C11H23N3O3S. The van der Waals surface area contributed by atoms with Crippen molar-refractivity contribution in [2.45, 2.75) is 38.6 Å². The molecule has 0 aromatic carbocycles. The predicted octanol–water partition coefficient (Wildman–Crippen LogP) is -0.344. The standard InChI is InChI=1S/C11H23N3O3S/c1-2-18(16,17)14-8-5-10(6-9-14)13-11(15)4-3-7-12/h10H,2-9,12H2,1H3,(H,13,15). The summed E-state index contributed by atoms with van der Waals surface area (Å²) in [6.07, 6.45) is 2.51. The molecule has 1 aliphatic rings. The van der Waals surface area contributed by atoms with Gasteiger partial charge >= 0.3 is 0 Å². The summed E-state index contributed by atoms with van der Waals surface area (Å²) < 4.78 is 24.8. The second-order valence-corrected chi connectivity index (χ2v) is 6.79. The highest BCUT2D eigenvalue weighted by Gasteiger charge is 2.27. The first-order valence-corrected chi connectivity index (χ1v) is 8.07. The third-order valence-electron chi connectivity index (χ3n) is 3.19. The number of sulfonamides is 1. The summed E-state index contributed by atoms with van der Waals surface area (Å²) in [5, 5.41) is 2.93. The average molecular weight is 277 g/mol. The minimum absolute atomic E-state index is 0.0113. The summed E-state index contributed by atoms with van der Waals surface area (Å²) in [7, 11) is -3.08. The quantitative estimate of drug-likeness (QED) is 0.694. The van der Waals surface area contributed by atoms with Crippen molar-refractivity contribution in [2.75, 3.05) is 25.4 Å². The zero-order chi connectivity index (χ0) is 13.6. The Balaban J connectivity index is 2.34. The van der Waals surface area contributed by atoms with Crippen LogP contribution in [0.5, 0.6) is 0 Å². The van der Waals surface area contributed by atoms with E-state index >= 15 is 0 Å². The number of carbonyl (C=O) groups is 1. The van der Waals surface area contributed by atoms with E-state index in [0.29, 0.717) is 45.3 Å². The molecule has 7 heteroatoms. The number of piperidine rings is 1. The highest BCUT2D eigenvalue weighted by molar-refractivity contribution is 7.89. The van der Waals surface area contributed by atoms with Crippen LogP contribution < -0.4 is 11.1 Å². The summed E-state index contributed by atoms with van der Waals surface area (Å²) in [4.78, 5) is 11.5. The van der Waals surface area contributed by atoms with Gasteiger partial charge in [0, 0.05) is 25.6 Å². The van der Waals surface area contributed by atoms with Gasteiger partial charge in [-0.15, -0.1) is 0 Å². The molecule has 1 amide bonds. The zero-order valence-electron chi connectivity index (χ0n) is 10.9. The Kier molecular flexibility index (Phi) is 6.04. The lowest BCUT2D eigenvalue weighted by Gasteiger charge is -2.31. The second-order valence-electron chi connectivity index (χ2n) is 4.53. The number of rotatable bonds is 6. The van der Waals surface area contributed by atoms with Crippen molar-refractivity contribution in [3.8, 4) is 0 Å². The number of nitrogens with zero attached hydrogens (tertiary/aromatic N) is 1. The first-order chi connectivity index (χ1) is 8.49. The van der Waals surface area contributed by atoms with Crippen molar-refractivity contribution >= 4 is 15.9 Å². The first kappa shape index (κ1) is 15.4. The lowest BCUT2D eigenvalue weighted by molar-refractivity contribution is -0.122. The lowest BCUT2D eigenvalue weighted by Crippen LogP contribution is -2.46. The van der Waals surface area contributed by atoms with Gasteiger partial charge < -0.3 is 11.1 Å². The summed E-state index contributed by atoms with van der Waals surface area (Å²) >= 11 is 0. The number of nitrogens with one attached hydrogen (secondary N) is 1. The lowest BCUT2D eigenvalue weighted by atomic mass is 10.1. The summed E-state index contributed by atoms with van der Waals surface area (Å²) in [5.41, 5.74) is 5.34. The SMILES string of the molecule is CCS(=O)(=O)N1CCC(NC(=O)CCCN)CC1. The summed E-state index contributed by atoms with van der Waals surface area (Å²) in [5.74, 6) is 0.151. The molecule has 3 N–H and O–H groups in total. The molecule has 1 aliphatic heterocycles. The number of nitrogens with two attached hydrogens (primary N) is 1. The van der Waals surface area contributed by atoms with Crippen LogP contribution in [0.1, 0.15) is 32.6 Å². The minimum atomic E-state index is -3.08. The van der Waals surface area contributed by atoms with Crippen LogP contribution in [0.4, 0.5) is 0 Å². The van der Waals surface area contributed by atoms with Gasteiger partial charge in [-0.25, -0.2) is 12.7 Å². The van der Waals surface area contributed by atoms with Crippen LogP contribution in [0.25, 0.3) is 0 Å². The van der Waals surface area contributed by atoms with Gasteiger partial charge in [0.25, 0.3) is 0 Å². The molecule has 0 aromatic rings. The smallest absolute Gasteiger partial charge is 0.220 e. The van der Waals surface area contributed by atoms with Crippen LogP contribution in [0.2, 0.25) is 0 Å². The van der Waals surface area contributed by atoms with Gasteiger partial charge in [-0.2, -0.15) is 0 Å². The molecule has 0 unspecified atom stereocenters. The monoisotopic (exact) mass is 277 g/mol. The van der Waals surface area contributed by atoms with E-state index in [1.54, 1.807) is 6.92 Å². The Bertz CT molecular complexity index is 362. The maximum atomic E-state index is 11.6. The molecule has 6 nitrogen and oxygen atoms in total. The van der Waals surface area contributed by atoms with Crippen LogP contribution in [0.15, 0.2) is 0 Å². The van der Waals surface area contributed by atoms with Crippen molar-refractivity contribution in [2.24, 2.45) is 5.73 Å². The molecule has 0 aromatic heterocycles. The van der Waals surface area contributed by atoms with Gasteiger partial charge in [-0.05, 0) is 32.7 Å². The molecule has 18 heavy (non-hydrogen) atoms. The Morgan fingerprint density at radius 3 is 2.50 bits per heavy atom. The van der Waals surface area contributed by atoms with Crippen LogP contribution in [0, 0.1) is 0 Å².